The van der Waals surface area contributed by atoms with Gasteiger partial charge in [0.25, 0.3) is 0 Å². The third-order valence-electron chi connectivity index (χ3n) is 4.16. The van der Waals surface area contributed by atoms with E-state index in [2.05, 4.69) is 56.3 Å². The summed E-state index contributed by atoms with van der Waals surface area (Å²) in [6.07, 6.45) is 12.3. The normalized spacial score (nSPS) is 20.0. The Labute approximate surface area is 116 Å². The summed E-state index contributed by atoms with van der Waals surface area (Å²) < 4.78 is 0. The summed E-state index contributed by atoms with van der Waals surface area (Å²) in [7, 11) is 0. The van der Waals surface area contributed by atoms with Crippen LogP contribution in [0.3, 0.4) is 0 Å². The van der Waals surface area contributed by atoms with Gasteiger partial charge in [-0.25, -0.2) is 0 Å². The van der Waals surface area contributed by atoms with Crippen LogP contribution < -0.4 is 0 Å². The average Bonchev–Trinajstić information content (AvgIpc) is 3.24. The second-order valence-electron chi connectivity index (χ2n) is 5.89. The Morgan fingerprint density at radius 1 is 1.16 bits per heavy atom. The summed E-state index contributed by atoms with van der Waals surface area (Å²) >= 11 is 0. The Kier molecular flexibility index (Phi) is 3.42. The van der Waals surface area contributed by atoms with Crippen molar-refractivity contribution in [2.75, 3.05) is 0 Å². The van der Waals surface area contributed by atoms with Crippen LogP contribution >= 0.6 is 0 Å². The topological polar surface area (TPSA) is 0 Å². The number of hydrogen-bond acceptors (Lipinski definition) is 0. The number of hydrogen-bond donors (Lipinski definition) is 0. The Bertz CT molecular complexity index is 548. The van der Waals surface area contributed by atoms with Gasteiger partial charge in [0.1, 0.15) is 0 Å². The molecular weight excluding hydrogens is 228 g/mol. The van der Waals surface area contributed by atoms with Crippen molar-refractivity contribution in [3.63, 3.8) is 0 Å². The van der Waals surface area contributed by atoms with Gasteiger partial charge in [0.05, 0.1) is 0 Å². The monoisotopic (exact) mass is 250 g/mol. The summed E-state index contributed by atoms with van der Waals surface area (Å²) in [6, 6.07) is 8.86. The lowest BCUT2D eigenvalue weighted by Crippen LogP contribution is -1.95. The molecule has 0 aliphatic heterocycles. The van der Waals surface area contributed by atoms with Crippen LogP contribution in [0, 0.1) is 12.8 Å². The maximum Gasteiger partial charge on any atom is -0.0159 e. The molecule has 0 heteroatoms. The minimum Gasteiger partial charge on any atom is -0.0839 e. The molecule has 2 aliphatic carbocycles. The largest absolute Gasteiger partial charge is 0.0839 e. The predicted molar refractivity (Wildman–Crippen MR) is 83.0 cm³/mol. The highest BCUT2D eigenvalue weighted by Crippen LogP contribution is 2.41. The van der Waals surface area contributed by atoms with Gasteiger partial charge in [-0.3, -0.25) is 0 Å². The molecule has 1 aromatic carbocycles. The van der Waals surface area contributed by atoms with E-state index in [1.165, 1.54) is 42.4 Å². The average molecular weight is 250 g/mol. The van der Waals surface area contributed by atoms with Crippen LogP contribution in [-0.2, 0) is 0 Å². The standard InChI is InChI=1S/C19H22/c1-14-7-9-16(10-8-14)15(2)13-18-5-3-4-6-19(18)17-11-12-17/h4,6-10,13,17H,3,5,11-12H2,1-2H3/b15-13+. The SMILES string of the molecule is C/C(=C\C1=C(C2CC2)C=CCC1)c1ccc(C)cc1. The zero-order valence-corrected chi connectivity index (χ0v) is 11.9. The summed E-state index contributed by atoms with van der Waals surface area (Å²) in [5, 5.41) is 0. The first-order valence-electron chi connectivity index (χ1n) is 7.39. The first kappa shape index (κ1) is 12.5. The van der Waals surface area contributed by atoms with E-state index in [1.54, 1.807) is 11.1 Å². The molecule has 1 fully saturated rings. The lowest BCUT2D eigenvalue weighted by molar-refractivity contribution is 0.911. The second kappa shape index (κ2) is 5.21. The molecule has 2 aliphatic rings. The molecule has 0 bridgehead atoms. The van der Waals surface area contributed by atoms with Gasteiger partial charge in [0.2, 0.25) is 0 Å². The molecule has 1 saturated carbocycles. The maximum atomic E-state index is 2.42. The van der Waals surface area contributed by atoms with Gasteiger partial charge in [0, 0.05) is 0 Å². The van der Waals surface area contributed by atoms with Crippen LogP contribution in [-0.4, -0.2) is 0 Å². The number of benzene rings is 1. The van der Waals surface area contributed by atoms with E-state index in [1.807, 2.05) is 0 Å². The highest BCUT2D eigenvalue weighted by Gasteiger charge is 2.27. The third-order valence-corrected chi connectivity index (χ3v) is 4.16. The van der Waals surface area contributed by atoms with Crippen LogP contribution in [0.15, 0.2) is 53.6 Å². The fraction of sp³-hybridized carbons (Fsp3) is 0.368. The first-order valence-corrected chi connectivity index (χ1v) is 7.39. The molecule has 0 N–H and O–H groups in total. The Morgan fingerprint density at radius 2 is 1.89 bits per heavy atom. The zero-order chi connectivity index (χ0) is 13.2. The van der Waals surface area contributed by atoms with Crippen molar-refractivity contribution in [1.29, 1.82) is 0 Å². The Morgan fingerprint density at radius 3 is 2.58 bits per heavy atom. The maximum absolute atomic E-state index is 2.42. The summed E-state index contributed by atoms with van der Waals surface area (Å²) in [5.74, 6) is 0.855. The number of aryl methyl sites for hydroxylation is 1. The minimum absolute atomic E-state index is 0.855. The van der Waals surface area contributed by atoms with Crippen molar-refractivity contribution >= 4 is 5.57 Å². The molecule has 98 valence electrons. The van der Waals surface area contributed by atoms with E-state index in [-0.39, 0.29) is 0 Å². The van der Waals surface area contributed by atoms with Crippen molar-refractivity contribution < 1.29 is 0 Å². The highest BCUT2D eigenvalue weighted by atomic mass is 14.3. The molecule has 0 unspecified atom stereocenters. The Balaban J connectivity index is 1.90. The van der Waals surface area contributed by atoms with E-state index in [4.69, 9.17) is 0 Å². The van der Waals surface area contributed by atoms with Crippen LogP contribution in [0.25, 0.3) is 5.57 Å². The predicted octanol–water partition coefficient (Wildman–Crippen LogP) is 5.45. The van der Waals surface area contributed by atoms with Crippen molar-refractivity contribution in [1.82, 2.24) is 0 Å². The second-order valence-corrected chi connectivity index (χ2v) is 5.89. The molecule has 0 nitrogen and oxygen atoms in total. The van der Waals surface area contributed by atoms with E-state index in [9.17, 15) is 0 Å². The van der Waals surface area contributed by atoms with Crippen LogP contribution in [0.1, 0.15) is 43.7 Å². The van der Waals surface area contributed by atoms with E-state index >= 15 is 0 Å². The van der Waals surface area contributed by atoms with Crippen molar-refractivity contribution in [2.24, 2.45) is 5.92 Å². The van der Waals surface area contributed by atoms with Gasteiger partial charge >= 0.3 is 0 Å². The van der Waals surface area contributed by atoms with Crippen LogP contribution in [0.5, 0.6) is 0 Å². The number of rotatable bonds is 3. The molecule has 0 aromatic heterocycles. The number of allylic oxidation sites excluding steroid dienone is 6. The fourth-order valence-corrected chi connectivity index (χ4v) is 2.81. The molecule has 0 spiro atoms. The fourth-order valence-electron chi connectivity index (χ4n) is 2.81. The van der Waals surface area contributed by atoms with Crippen LogP contribution in [0.2, 0.25) is 0 Å². The molecule has 0 radical (unpaired) electrons. The van der Waals surface area contributed by atoms with Gasteiger partial charge in [-0.2, -0.15) is 0 Å². The highest BCUT2D eigenvalue weighted by molar-refractivity contribution is 5.67. The van der Waals surface area contributed by atoms with Gasteiger partial charge < -0.3 is 0 Å². The third kappa shape index (κ3) is 2.89. The molecular formula is C19H22. The molecule has 3 rings (SSSR count). The van der Waals surface area contributed by atoms with Gasteiger partial charge in [-0.1, -0.05) is 48.1 Å². The van der Waals surface area contributed by atoms with Gasteiger partial charge in [-0.05, 0) is 67.7 Å². The summed E-state index contributed by atoms with van der Waals surface area (Å²) in [5.41, 5.74) is 7.25. The van der Waals surface area contributed by atoms with Crippen molar-refractivity contribution in [2.45, 2.75) is 39.5 Å². The lowest BCUT2D eigenvalue weighted by atomic mass is 9.92. The first-order chi connectivity index (χ1) is 9.24. The zero-order valence-electron chi connectivity index (χ0n) is 11.9. The minimum atomic E-state index is 0.855. The molecule has 0 atom stereocenters. The van der Waals surface area contributed by atoms with Gasteiger partial charge in [0.15, 0.2) is 0 Å². The molecule has 0 saturated heterocycles. The Hall–Kier alpha value is -1.56. The molecule has 1 aromatic rings. The lowest BCUT2D eigenvalue weighted by Gasteiger charge is -2.14. The molecule has 0 heterocycles. The summed E-state index contributed by atoms with van der Waals surface area (Å²) in [6.45, 7) is 4.38. The van der Waals surface area contributed by atoms with E-state index in [0.29, 0.717) is 0 Å². The summed E-state index contributed by atoms with van der Waals surface area (Å²) in [4.78, 5) is 0. The van der Waals surface area contributed by atoms with Gasteiger partial charge in [-0.15, -0.1) is 0 Å². The van der Waals surface area contributed by atoms with Crippen molar-refractivity contribution in [3.8, 4) is 0 Å². The quantitative estimate of drug-likeness (QED) is 0.668. The van der Waals surface area contributed by atoms with E-state index < -0.39 is 0 Å². The molecule has 19 heavy (non-hydrogen) atoms. The molecule has 0 amide bonds. The van der Waals surface area contributed by atoms with E-state index in [0.717, 1.165) is 5.92 Å². The van der Waals surface area contributed by atoms with Crippen LogP contribution in [0.4, 0.5) is 0 Å². The smallest absolute Gasteiger partial charge is 0.0159 e. The van der Waals surface area contributed by atoms with Crippen molar-refractivity contribution in [3.05, 3.63) is 64.8 Å².